The molecule has 0 unspecified atom stereocenters. The Morgan fingerprint density at radius 1 is 1.23 bits per heavy atom. The summed E-state index contributed by atoms with van der Waals surface area (Å²) in [6.07, 6.45) is 5.16. The van der Waals surface area contributed by atoms with E-state index in [4.69, 9.17) is 11.1 Å². The zero-order valence-electron chi connectivity index (χ0n) is 12.2. The minimum absolute atomic E-state index is 0.175. The van der Waals surface area contributed by atoms with Crippen molar-refractivity contribution in [1.29, 1.82) is 5.41 Å². The van der Waals surface area contributed by atoms with Gasteiger partial charge >= 0.3 is 0 Å². The van der Waals surface area contributed by atoms with Crippen LogP contribution in [0.5, 0.6) is 0 Å². The Labute approximate surface area is 127 Å². The third-order valence-corrected chi connectivity index (χ3v) is 3.75. The number of hydrogen-bond acceptors (Lipinski definition) is 3. The monoisotopic (exact) mass is 292 g/mol. The van der Waals surface area contributed by atoms with Crippen molar-refractivity contribution in [2.75, 3.05) is 0 Å². The van der Waals surface area contributed by atoms with Crippen LogP contribution in [0.3, 0.4) is 0 Å². The van der Waals surface area contributed by atoms with Crippen LogP contribution in [-0.4, -0.2) is 15.5 Å². The number of benzene rings is 1. The Kier molecular flexibility index (Phi) is 3.47. The molecule has 0 saturated carbocycles. The van der Waals surface area contributed by atoms with Gasteiger partial charge in [-0.25, -0.2) is 0 Å². The summed E-state index contributed by atoms with van der Waals surface area (Å²) in [6.45, 7) is 2.68. The summed E-state index contributed by atoms with van der Waals surface area (Å²) >= 11 is 0. The van der Waals surface area contributed by atoms with Gasteiger partial charge in [-0.1, -0.05) is 12.1 Å². The number of pyridine rings is 2. The predicted octanol–water partition coefficient (Wildman–Crippen LogP) is 2.30. The average molecular weight is 292 g/mol. The van der Waals surface area contributed by atoms with Gasteiger partial charge in [0.2, 0.25) is 0 Å². The third-order valence-electron chi connectivity index (χ3n) is 3.75. The number of hydrogen-bond donors (Lipinski definition) is 2. The normalized spacial score (nSPS) is 10.8. The van der Waals surface area contributed by atoms with E-state index < -0.39 is 5.91 Å². The summed E-state index contributed by atoms with van der Waals surface area (Å²) in [5.74, 6) is -0.577. The van der Waals surface area contributed by atoms with E-state index in [1.54, 1.807) is 18.6 Å². The lowest BCUT2D eigenvalue weighted by Gasteiger charge is -2.13. The number of nitrogens with two attached hydrogens (primary N) is 1. The summed E-state index contributed by atoms with van der Waals surface area (Å²) < 4.78 is 1.94. The Hall–Kier alpha value is -2.95. The maximum absolute atomic E-state index is 11.5. The lowest BCUT2D eigenvalue weighted by molar-refractivity contribution is 0.0998. The van der Waals surface area contributed by atoms with Gasteiger partial charge in [0.25, 0.3) is 5.91 Å². The van der Waals surface area contributed by atoms with Crippen molar-refractivity contribution in [3.8, 4) is 11.1 Å². The molecule has 0 fully saturated rings. The molecule has 3 rings (SSSR count). The lowest BCUT2D eigenvalue weighted by Crippen LogP contribution is -2.24. The first-order valence-corrected chi connectivity index (χ1v) is 7.04. The van der Waals surface area contributed by atoms with Crippen LogP contribution in [0.25, 0.3) is 22.0 Å². The molecule has 0 aliphatic heterocycles. The van der Waals surface area contributed by atoms with Crippen molar-refractivity contribution in [2.24, 2.45) is 5.73 Å². The molecule has 0 bridgehead atoms. The first-order chi connectivity index (χ1) is 10.6. The number of nitrogens with zero attached hydrogens (tertiary/aromatic N) is 2. The van der Waals surface area contributed by atoms with Gasteiger partial charge in [0.15, 0.2) is 0 Å². The molecule has 5 heteroatoms. The highest BCUT2D eigenvalue weighted by atomic mass is 16.1. The summed E-state index contributed by atoms with van der Waals surface area (Å²) in [4.78, 5) is 15.5. The van der Waals surface area contributed by atoms with Gasteiger partial charge in [-0.3, -0.25) is 15.2 Å². The first-order valence-electron chi connectivity index (χ1n) is 7.04. The van der Waals surface area contributed by atoms with E-state index in [-0.39, 0.29) is 10.9 Å². The highest BCUT2D eigenvalue weighted by Crippen LogP contribution is 2.23. The Balaban J connectivity index is 2.31. The van der Waals surface area contributed by atoms with Gasteiger partial charge in [-0.15, -0.1) is 0 Å². The largest absolute Gasteiger partial charge is 0.365 e. The van der Waals surface area contributed by atoms with E-state index in [1.807, 2.05) is 41.8 Å². The fourth-order valence-electron chi connectivity index (χ4n) is 2.59. The molecule has 110 valence electrons. The molecule has 3 N–H and O–H groups in total. The van der Waals surface area contributed by atoms with E-state index in [2.05, 4.69) is 4.98 Å². The Morgan fingerprint density at radius 3 is 2.59 bits per heavy atom. The number of rotatable bonds is 3. The second kappa shape index (κ2) is 5.44. The number of fused-ring (bicyclic) bond motifs is 1. The maximum Gasteiger partial charge on any atom is 0.252 e. The molecule has 0 aliphatic carbocycles. The SMILES string of the molecule is CCn1cc(C(N)=O)c(=N)c2ccc(-c3ccncc3)cc21. The highest BCUT2D eigenvalue weighted by Gasteiger charge is 2.11. The molecule has 0 saturated heterocycles. The van der Waals surface area contributed by atoms with Crippen molar-refractivity contribution in [3.63, 3.8) is 0 Å². The quantitative estimate of drug-likeness (QED) is 0.776. The molecule has 5 nitrogen and oxygen atoms in total. The summed E-state index contributed by atoms with van der Waals surface area (Å²) in [7, 11) is 0. The van der Waals surface area contributed by atoms with Gasteiger partial charge in [-0.05, 0) is 36.2 Å². The fraction of sp³-hybridized carbons (Fsp3) is 0.118. The van der Waals surface area contributed by atoms with Crippen molar-refractivity contribution in [1.82, 2.24) is 9.55 Å². The van der Waals surface area contributed by atoms with Gasteiger partial charge in [-0.2, -0.15) is 0 Å². The maximum atomic E-state index is 11.5. The van der Waals surface area contributed by atoms with Gasteiger partial charge in [0.05, 0.1) is 16.4 Å². The smallest absolute Gasteiger partial charge is 0.252 e. The summed E-state index contributed by atoms with van der Waals surface area (Å²) in [5.41, 5.74) is 8.63. The predicted molar refractivity (Wildman–Crippen MR) is 85.2 cm³/mol. The molecule has 0 radical (unpaired) electrons. The van der Waals surface area contributed by atoms with Crippen molar-refractivity contribution in [3.05, 3.63) is 59.8 Å². The fourth-order valence-corrected chi connectivity index (χ4v) is 2.59. The third kappa shape index (κ3) is 2.26. The molecule has 2 aromatic heterocycles. The summed E-state index contributed by atoms with van der Waals surface area (Å²) in [6, 6.07) is 9.72. The molecular formula is C17H16N4O. The topological polar surface area (TPSA) is 84.8 Å². The van der Waals surface area contributed by atoms with Crippen LogP contribution in [0.2, 0.25) is 0 Å². The molecule has 22 heavy (non-hydrogen) atoms. The number of primary amides is 1. The number of carbonyl (C=O) groups is 1. The minimum Gasteiger partial charge on any atom is -0.365 e. The number of aryl methyl sites for hydroxylation is 1. The second-order valence-electron chi connectivity index (χ2n) is 5.04. The first kappa shape index (κ1) is 14.0. The highest BCUT2D eigenvalue weighted by molar-refractivity contribution is 5.96. The van der Waals surface area contributed by atoms with E-state index in [0.717, 1.165) is 22.0 Å². The average Bonchev–Trinajstić information content (AvgIpc) is 2.55. The van der Waals surface area contributed by atoms with Gasteiger partial charge in [0, 0.05) is 30.5 Å². The molecule has 0 spiro atoms. The molecule has 3 aromatic rings. The Morgan fingerprint density at radius 2 is 1.95 bits per heavy atom. The van der Waals surface area contributed by atoms with E-state index in [1.165, 1.54) is 0 Å². The van der Waals surface area contributed by atoms with Crippen LogP contribution in [0.4, 0.5) is 0 Å². The van der Waals surface area contributed by atoms with Crippen molar-refractivity contribution in [2.45, 2.75) is 13.5 Å². The van der Waals surface area contributed by atoms with Crippen LogP contribution in [0, 0.1) is 5.41 Å². The van der Waals surface area contributed by atoms with Crippen LogP contribution in [0.15, 0.2) is 48.9 Å². The molecule has 0 aliphatic rings. The van der Waals surface area contributed by atoms with Crippen LogP contribution in [-0.2, 0) is 6.54 Å². The standard InChI is InChI=1S/C17H16N4O/c1-2-21-10-14(17(19)22)16(18)13-4-3-12(9-15(13)21)11-5-7-20-8-6-11/h3-10,18H,2H2,1H3,(H2,19,22). The van der Waals surface area contributed by atoms with Crippen LogP contribution < -0.4 is 11.1 Å². The zero-order valence-corrected chi connectivity index (χ0v) is 12.2. The van der Waals surface area contributed by atoms with E-state index in [0.29, 0.717) is 6.54 Å². The van der Waals surface area contributed by atoms with Gasteiger partial charge in [0.1, 0.15) is 0 Å². The second-order valence-corrected chi connectivity index (χ2v) is 5.04. The molecule has 0 atom stereocenters. The number of carbonyl (C=O) groups excluding carboxylic acids is 1. The van der Waals surface area contributed by atoms with Gasteiger partial charge < -0.3 is 10.3 Å². The number of amides is 1. The van der Waals surface area contributed by atoms with Crippen molar-refractivity contribution >= 4 is 16.8 Å². The Bertz CT molecular complexity index is 913. The van der Waals surface area contributed by atoms with Crippen LogP contribution >= 0.6 is 0 Å². The number of nitrogens with one attached hydrogen (secondary N) is 1. The van der Waals surface area contributed by atoms with E-state index in [9.17, 15) is 4.79 Å². The molecule has 1 amide bonds. The van der Waals surface area contributed by atoms with Crippen molar-refractivity contribution < 1.29 is 4.79 Å². The number of aromatic nitrogens is 2. The molecule has 2 heterocycles. The zero-order chi connectivity index (χ0) is 15.7. The minimum atomic E-state index is -0.577. The van der Waals surface area contributed by atoms with E-state index >= 15 is 0 Å². The molecule has 1 aromatic carbocycles. The lowest BCUT2D eigenvalue weighted by atomic mass is 10.0. The molecular weight excluding hydrogens is 276 g/mol. The van der Waals surface area contributed by atoms with Crippen LogP contribution in [0.1, 0.15) is 17.3 Å². The summed E-state index contributed by atoms with van der Waals surface area (Å²) in [5, 5.41) is 9.09.